The average molecular weight is 416 g/mol. The highest BCUT2D eigenvalue weighted by Gasteiger charge is 2.40. The van der Waals surface area contributed by atoms with Crippen LogP contribution in [0.5, 0.6) is 5.75 Å². The van der Waals surface area contributed by atoms with Crippen LogP contribution in [0.15, 0.2) is 53.4 Å². The summed E-state index contributed by atoms with van der Waals surface area (Å²) in [6.45, 7) is 2.67. The average Bonchev–Trinajstić information content (AvgIpc) is 2.81. The fourth-order valence-electron chi connectivity index (χ4n) is 3.27. The fourth-order valence-corrected chi connectivity index (χ4v) is 4.59. The summed E-state index contributed by atoms with van der Waals surface area (Å²) in [6, 6.07) is 15.4. The van der Waals surface area contributed by atoms with Gasteiger partial charge in [0.1, 0.15) is 5.75 Å². The Morgan fingerprint density at radius 1 is 1.14 bits per heavy atom. The van der Waals surface area contributed by atoms with Crippen molar-refractivity contribution in [1.29, 1.82) is 0 Å². The van der Waals surface area contributed by atoms with Crippen LogP contribution in [0.25, 0.3) is 0 Å². The molecule has 0 bridgehead atoms. The number of rotatable bonds is 6. The monoisotopic (exact) mass is 415 g/mol. The number of nitrogens with one attached hydrogen (secondary N) is 1. The molecule has 0 fully saturated rings. The zero-order valence-corrected chi connectivity index (χ0v) is 18.0. The van der Waals surface area contributed by atoms with Gasteiger partial charge in [-0.3, -0.25) is 9.59 Å². The van der Waals surface area contributed by atoms with Crippen LogP contribution in [-0.4, -0.2) is 52.3 Å². The number of amides is 1. The maximum atomic E-state index is 13.6. The molecule has 29 heavy (non-hydrogen) atoms. The molecule has 1 heterocycles. The molecule has 0 saturated heterocycles. The number of methoxy groups -OCH3 is 1. The number of ether oxygens (including phenoxy) is 2. The van der Waals surface area contributed by atoms with Crippen LogP contribution in [-0.2, 0) is 14.3 Å². The Labute approximate surface area is 175 Å². The summed E-state index contributed by atoms with van der Waals surface area (Å²) in [7, 11) is 5.71. The Hall–Kier alpha value is -2.51. The van der Waals surface area contributed by atoms with Gasteiger partial charge in [-0.2, -0.15) is 0 Å². The van der Waals surface area contributed by atoms with Crippen molar-refractivity contribution in [3.63, 3.8) is 0 Å². The van der Waals surface area contributed by atoms with Crippen molar-refractivity contribution in [3.8, 4) is 5.75 Å². The molecule has 3 rings (SSSR count). The van der Waals surface area contributed by atoms with Crippen LogP contribution in [0.4, 0.5) is 5.69 Å². The van der Waals surface area contributed by atoms with E-state index >= 15 is 0 Å². The first-order chi connectivity index (χ1) is 13.9. The Balaban J connectivity index is 2.06. The number of quaternary nitrogens is 1. The lowest BCUT2D eigenvalue weighted by Gasteiger charge is -2.27. The van der Waals surface area contributed by atoms with Gasteiger partial charge in [0, 0.05) is 11.8 Å². The molecular formula is C22H27N2O4S+. The molecule has 154 valence electrons. The second kappa shape index (κ2) is 9.33. The lowest BCUT2D eigenvalue weighted by Crippen LogP contribution is -3.06. The molecule has 2 aromatic carbocycles. The van der Waals surface area contributed by atoms with E-state index in [1.807, 2.05) is 62.6 Å². The van der Waals surface area contributed by atoms with Gasteiger partial charge in [-0.1, -0.05) is 24.3 Å². The molecule has 0 aliphatic carbocycles. The second-order valence-corrected chi connectivity index (χ2v) is 8.44. The first-order valence-electron chi connectivity index (χ1n) is 9.58. The number of esters is 1. The number of fused-ring (bicyclic) bond motifs is 1. The second-order valence-electron chi connectivity index (χ2n) is 7.26. The van der Waals surface area contributed by atoms with Crippen molar-refractivity contribution in [2.24, 2.45) is 0 Å². The van der Waals surface area contributed by atoms with E-state index < -0.39 is 12.1 Å². The topological polar surface area (TPSA) is 60.3 Å². The first-order valence-corrected chi connectivity index (χ1v) is 10.5. The molecule has 0 unspecified atom stereocenters. The van der Waals surface area contributed by atoms with Crippen molar-refractivity contribution < 1.29 is 24.0 Å². The molecule has 1 N–H and O–H groups in total. The molecule has 1 aliphatic heterocycles. The van der Waals surface area contributed by atoms with Crippen LogP contribution in [0, 0.1) is 0 Å². The molecule has 7 heteroatoms. The van der Waals surface area contributed by atoms with Crippen LogP contribution in [0.1, 0.15) is 17.7 Å². The van der Waals surface area contributed by atoms with Crippen molar-refractivity contribution in [2.45, 2.75) is 23.2 Å². The van der Waals surface area contributed by atoms with Gasteiger partial charge in [0.25, 0.3) is 5.91 Å². The quantitative estimate of drug-likeness (QED) is 0.731. The number of para-hydroxylation sites is 1. The number of likely N-dealkylation sites (N-methyl/N-ethyl adjacent to an activating group) is 1. The summed E-state index contributed by atoms with van der Waals surface area (Å²) in [5, 5.41) is -0.352. The van der Waals surface area contributed by atoms with Gasteiger partial charge in [-0.25, -0.2) is 0 Å². The summed E-state index contributed by atoms with van der Waals surface area (Å²) in [5.74, 6) is 0.0741. The van der Waals surface area contributed by atoms with Crippen LogP contribution in [0.2, 0.25) is 0 Å². The number of thioether (sulfide) groups is 1. The molecule has 0 spiro atoms. The van der Waals surface area contributed by atoms with E-state index in [2.05, 4.69) is 0 Å². The van der Waals surface area contributed by atoms with Gasteiger partial charge in [-0.05, 0) is 29.8 Å². The Morgan fingerprint density at radius 3 is 2.45 bits per heavy atom. The molecule has 0 radical (unpaired) electrons. The van der Waals surface area contributed by atoms with Crippen molar-refractivity contribution in [2.75, 3.05) is 39.2 Å². The van der Waals surface area contributed by atoms with Gasteiger partial charge >= 0.3 is 5.97 Å². The molecular weight excluding hydrogens is 388 g/mol. The first kappa shape index (κ1) is 21.2. The zero-order chi connectivity index (χ0) is 21.0. The highest BCUT2D eigenvalue weighted by Crippen LogP contribution is 2.46. The van der Waals surface area contributed by atoms with Gasteiger partial charge in [0.05, 0.1) is 45.2 Å². The standard InChI is InChI=1S/C22H26N2O4S/c1-15(25)28-20-21(16-9-11-17(27-4)12-10-16)29-19-8-6-5-7-18(19)24(22(20)26)14-13-23(2)3/h5-12,20-21H,13-14H2,1-4H3/p+1/t20-,21-/m1/s1. The minimum absolute atomic E-state index is 0.195. The number of carbonyl (C=O) groups is 2. The molecule has 2 atom stereocenters. The summed E-state index contributed by atoms with van der Waals surface area (Å²) in [5.41, 5.74) is 1.77. The van der Waals surface area contributed by atoms with E-state index in [0.717, 1.165) is 28.4 Å². The van der Waals surface area contributed by atoms with Crippen molar-refractivity contribution in [3.05, 3.63) is 54.1 Å². The van der Waals surface area contributed by atoms with E-state index in [0.29, 0.717) is 6.54 Å². The number of benzene rings is 2. The summed E-state index contributed by atoms with van der Waals surface area (Å²) in [4.78, 5) is 29.4. The highest BCUT2D eigenvalue weighted by molar-refractivity contribution is 7.99. The number of hydrogen-bond acceptors (Lipinski definition) is 5. The largest absolute Gasteiger partial charge is 0.497 e. The number of anilines is 1. The van der Waals surface area contributed by atoms with E-state index in [4.69, 9.17) is 9.47 Å². The van der Waals surface area contributed by atoms with E-state index in [1.54, 1.807) is 23.8 Å². The summed E-state index contributed by atoms with van der Waals surface area (Å²) < 4.78 is 10.8. The van der Waals surface area contributed by atoms with E-state index in [1.165, 1.54) is 11.8 Å². The molecule has 0 saturated carbocycles. The smallest absolute Gasteiger partial charge is 0.303 e. The van der Waals surface area contributed by atoms with Crippen LogP contribution >= 0.6 is 11.8 Å². The molecule has 1 aliphatic rings. The van der Waals surface area contributed by atoms with E-state index in [9.17, 15) is 9.59 Å². The third-order valence-corrected chi connectivity index (χ3v) is 6.14. The van der Waals surface area contributed by atoms with Crippen LogP contribution < -0.4 is 14.5 Å². The van der Waals surface area contributed by atoms with Gasteiger partial charge in [0.2, 0.25) is 0 Å². The Kier molecular flexibility index (Phi) is 6.82. The summed E-state index contributed by atoms with van der Waals surface area (Å²) >= 11 is 1.55. The van der Waals surface area contributed by atoms with Gasteiger partial charge < -0.3 is 19.3 Å². The fraction of sp³-hybridized carbons (Fsp3) is 0.364. The maximum absolute atomic E-state index is 13.6. The van der Waals surface area contributed by atoms with Crippen molar-refractivity contribution >= 4 is 29.3 Å². The zero-order valence-electron chi connectivity index (χ0n) is 17.2. The lowest BCUT2D eigenvalue weighted by atomic mass is 10.1. The minimum atomic E-state index is -0.907. The normalized spacial score (nSPS) is 18.9. The SMILES string of the molecule is COc1ccc([C@H]2Sc3ccccc3N(CC[NH+](C)C)C(=O)[C@@H]2OC(C)=O)cc1. The highest BCUT2D eigenvalue weighted by atomic mass is 32.2. The van der Waals surface area contributed by atoms with Crippen LogP contribution in [0.3, 0.4) is 0 Å². The third kappa shape index (κ3) is 4.92. The van der Waals surface area contributed by atoms with E-state index in [-0.39, 0.29) is 11.2 Å². The predicted molar refractivity (Wildman–Crippen MR) is 114 cm³/mol. The maximum Gasteiger partial charge on any atom is 0.303 e. The van der Waals surface area contributed by atoms with Gasteiger partial charge in [-0.15, -0.1) is 11.8 Å². The predicted octanol–water partition coefficient (Wildman–Crippen LogP) is 1.95. The summed E-state index contributed by atoms with van der Waals surface area (Å²) in [6.07, 6.45) is -0.907. The molecule has 1 amide bonds. The lowest BCUT2D eigenvalue weighted by molar-refractivity contribution is -0.856. The van der Waals surface area contributed by atoms with Crippen molar-refractivity contribution in [1.82, 2.24) is 0 Å². The molecule has 2 aromatic rings. The van der Waals surface area contributed by atoms with Gasteiger partial charge in [0.15, 0.2) is 6.10 Å². The number of hydrogen-bond donors (Lipinski definition) is 1. The third-order valence-electron chi connectivity index (χ3n) is 4.77. The Morgan fingerprint density at radius 2 is 1.83 bits per heavy atom. The molecule has 0 aromatic heterocycles. The number of carbonyl (C=O) groups excluding carboxylic acids is 2. The Bertz CT molecular complexity index is 869. The minimum Gasteiger partial charge on any atom is -0.497 e. The molecule has 6 nitrogen and oxygen atoms in total. The number of nitrogens with zero attached hydrogens (tertiary/aromatic N) is 1.